The lowest BCUT2D eigenvalue weighted by atomic mass is 9.96. The lowest BCUT2D eigenvalue weighted by Crippen LogP contribution is -2.24. The third-order valence-corrected chi connectivity index (χ3v) is 4.19. The van der Waals surface area contributed by atoms with Gasteiger partial charge in [0.1, 0.15) is 0 Å². The van der Waals surface area contributed by atoms with Crippen molar-refractivity contribution in [1.82, 2.24) is 9.55 Å². The largest absolute Gasteiger partial charge is 0.353 e. The molecular formula is C17H23N3. The van der Waals surface area contributed by atoms with Gasteiger partial charge in [0.2, 0.25) is 5.95 Å². The Morgan fingerprint density at radius 3 is 2.70 bits per heavy atom. The van der Waals surface area contributed by atoms with Gasteiger partial charge in [-0.25, -0.2) is 4.98 Å². The van der Waals surface area contributed by atoms with Crippen molar-refractivity contribution in [1.29, 1.82) is 0 Å². The smallest absolute Gasteiger partial charge is 0.207 e. The molecule has 0 unspecified atom stereocenters. The molecule has 3 rings (SSSR count). The molecule has 1 N–H and O–H groups in total. The molecule has 1 aromatic heterocycles. The van der Waals surface area contributed by atoms with Crippen LogP contribution in [0.1, 0.15) is 43.2 Å². The molecule has 20 heavy (non-hydrogen) atoms. The second-order valence-electron chi connectivity index (χ2n) is 5.89. The maximum atomic E-state index is 4.50. The second kappa shape index (κ2) is 5.70. The van der Waals surface area contributed by atoms with Crippen molar-refractivity contribution in [3.05, 3.63) is 41.7 Å². The lowest BCUT2D eigenvalue weighted by Gasteiger charge is -2.24. The summed E-state index contributed by atoms with van der Waals surface area (Å²) >= 11 is 0. The van der Waals surface area contributed by atoms with E-state index in [0.717, 1.165) is 5.95 Å². The molecule has 2 aromatic rings. The summed E-state index contributed by atoms with van der Waals surface area (Å²) in [6.45, 7) is 4.29. The highest BCUT2D eigenvalue weighted by molar-refractivity contribution is 5.48. The van der Waals surface area contributed by atoms with Gasteiger partial charge >= 0.3 is 0 Å². The monoisotopic (exact) mass is 269 g/mol. The highest BCUT2D eigenvalue weighted by Crippen LogP contribution is 2.24. The fraction of sp³-hybridized carbons (Fsp3) is 0.471. The van der Waals surface area contributed by atoms with Crippen LogP contribution in [0.5, 0.6) is 0 Å². The van der Waals surface area contributed by atoms with E-state index in [1.165, 1.54) is 48.9 Å². The number of aromatic nitrogens is 2. The first-order valence-electron chi connectivity index (χ1n) is 7.61. The van der Waals surface area contributed by atoms with E-state index >= 15 is 0 Å². The van der Waals surface area contributed by atoms with E-state index in [9.17, 15) is 0 Å². The van der Waals surface area contributed by atoms with Gasteiger partial charge in [-0.2, -0.15) is 0 Å². The zero-order valence-corrected chi connectivity index (χ0v) is 12.4. The van der Waals surface area contributed by atoms with Gasteiger partial charge in [0.05, 0.1) is 5.69 Å². The summed E-state index contributed by atoms with van der Waals surface area (Å²) in [5.74, 6) is 0.976. The van der Waals surface area contributed by atoms with E-state index in [0.29, 0.717) is 6.04 Å². The average Bonchev–Trinajstić information content (AvgIpc) is 2.88. The summed E-state index contributed by atoms with van der Waals surface area (Å²) in [5.41, 5.74) is 3.80. The van der Waals surface area contributed by atoms with Crippen LogP contribution in [-0.4, -0.2) is 15.6 Å². The summed E-state index contributed by atoms with van der Waals surface area (Å²) in [7, 11) is 0. The molecule has 3 heteroatoms. The number of aryl methyl sites for hydroxylation is 2. The summed E-state index contributed by atoms with van der Waals surface area (Å²) in [4.78, 5) is 4.50. The number of benzene rings is 1. The van der Waals surface area contributed by atoms with Crippen LogP contribution in [0.4, 0.5) is 5.95 Å². The maximum Gasteiger partial charge on any atom is 0.207 e. The van der Waals surface area contributed by atoms with E-state index < -0.39 is 0 Å². The van der Waals surface area contributed by atoms with Gasteiger partial charge in [-0.1, -0.05) is 37.0 Å². The molecule has 1 saturated carbocycles. The minimum atomic E-state index is 0.579. The fourth-order valence-electron chi connectivity index (χ4n) is 3.11. The summed E-state index contributed by atoms with van der Waals surface area (Å²) in [6, 6.07) is 7.14. The Morgan fingerprint density at radius 2 is 1.95 bits per heavy atom. The molecular weight excluding hydrogens is 246 g/mol. The van der Waals surface area contributed by atoms with Gasteiger partial charge in [-0.3, -0.25) is 4.57 Å². The van der Waals surface area contributed by atoms with E-state index in [1.807, 2.05) is 12.4 Å². The van der Waals surface area contributed by atoms with Gasteiger partial charge in [-0.05, 0) is 38.3 Å². The van der Waals surface area contributed by atoms with Crippen LogP contribution in [0.25, 0.3) is 5.69 Å². The number of nitrogens with zero attached hydrogens (tertiary/aromatic N) is 2. The second-order valence-corrected chi connectivity index (χ2v) is 5.89. The van der Waals surface area contributed by atoms with Crippen molar-refractivity contribution in [3.63, 3.8) is 0 Å². The molecule has 0 bridgehead atoms. The third kappa shape index (κ3) is 2.72. The van der Waals surface area contributed by atoms with E-state index in [-0.39, 0.29) is 0 Å². The molecule has 0 spiro atoms. The minimum absolute atomic E-state index is 0.579. The van der Waals surface area contributed by atoms with Crippen molar-refractivity contribution >= 4 is 5.95 Å². The van der Waals surface area contributed by atoms with Crippen LogP contribution in [0.15, 0.2) is 30.6 Å². The van der Waals surface area contributed by atoms with Gasteiger partial charge in [0.25, 0.3) is 0 Å². The van der Waals surface area contributed by atoms with Crippen molar-refractivity contribution < 1.29 is 0 Å². The molecule has 0 radical (unpaired) electrons. The van der Waals surface area contributed by atoms with Crippen molar-refractivity contribution in [2.75, 3.05) is 5.32 Å². The Bertz CT molecular complexity index is 580. The molecule has 1 heterocycles. The first-order valence-corrected chi connectivity index (χ1v) is 7.61. The van der Waals surface area contributed by atoms with Crippen LogP contribution in [0.3, 0.4) is 0 Å². The molecule has 1 aliphatic rings. The predicted octanol–water partition coefficient (Wildman–Crippen LogP) is 4.23. The summed E-state index contributed by atoms with van der Waals surface area (Å²) in [6.07, 6.45) is 10.5. The van der Waals surface area contributed by atoms with Crippen LogP contribution in [-0.2, 0) is 0 Å². The molecule has 0 aliphatic heterocycles. The Labute approximate surface area is 121 Å². The molecule has 0 amide bonds. The van der Waals surface area contributed by atoms with Crippen LogP contribution < -0.4 is 5.32 Å². The topological polar surface area (TPSA) is 29.9 Å². The predicted molar refractivity (Wildman–Crippen MR) is 83.5 cm³/mol. The van der Waals surface area contributed by atoms with Crippen molar-refractivity contribution in [2.45, 2.75) is 52.0 Å². The number of anilines is 1. The molecule has 106 valence electrons. The van der Waals surface area contributed by atoms with Crippen molar-refractivity contribution in [2.24, 2.45) is 0 Å². The van der Waals surface area contributed by atoms with Crippen LogP contribution in [0, 0.1) is 13.8 Å². The number of rotatable bonds is 3. The number of hydrogen-bond acceptors (Lipinski definition) is 2. The number of imidazole rings is 1. The first kappa shape index (κ1) is 13.2. The zero-order valence-electron chi connectivity index (χ0n) is 12.4. The standard InChI is InChI=1S/C17H23N3/c1-13-8-9-16(14(2)12-13)20-11-10-18-17(20)19-15-6-4-3-5-7-15/h8-12,15H,3-7H2,1-2H3,(H,18,19). The molecule has 1 fully saturated rings. The normalized spacial score (nSPS) is 16.3. The Hall–Kier alpha value is -1.77. The van der Waals surface area contributed by atoms with Gasteiger partial charge < -0.3 is 5.32 Å². The average molecular weight is 269 g/mol. The van der Waals surface area contributed by atoms with Gasteiger partial charge in [0, 0.05) is 18.4 Å². The van der Waals surface area contributed by atoms with Gasteiger partial charge in [0.15, 0.2) is 0 Å². The Kier molecular flexibility index (Phi) is 3.77. The van der Waals surface area contributed by atoms with E-state index in [4.69, 9.17) is 0 Å². The van der Waals surface area contributed by atoms with E-state index in [2.05, 4.69) is 46.9 Å². The summed E-state index contributed by atoms with van der Waals surface area (Å²) in [5, 5.41) is 3.62. The van der Waals surface area contributed by atoms with Gasteiger partial charge in [-0.15, -0.1) is 0 Å². The van der Waals surface area contributed by atoms with E-state index in [1.54, 1.807) is 0 Å². The Morgan fingerprint density at radius 1 is 1.15 bits per heavy atom. The molecule has 1 aliphatic carbocycles. The molecule has 3 nitrogen and oxygen atoms in total. The highest BCUT2D eigenvalue weighted by Gasteiger charge is 2.16. The number of nitrogens with one attached hydrogen (secondary N) is 1. The van der Waals surface area contributed by atoms with Crippen LogP contribution in [0.2, 0.25) is 0 Å². The maximum absolute atomic E-state index is 4.50. The first-order chi connectivity index (χ1) is 9.74. The fourth-order valence-corrected chi connectivity index (χ4v) is 3.11. The molecule has 1 aromatic carbocycles. The quantitative estimate of drug-likeness (QED) is 0.903. The zero-order chi connectivity index (χ0) is 13.9. The van der Waals surface area contributed by atoms with Crippen molar-refractivity contribution in [3.8, 4) is 5.69 Å². The minimum Gasteiger partial charge on any atom is -0.353 e. The lowest BCUT2D eigenvalue weighted by molar-refractivity contribution is 0.460. The SMILES string of the molecule is Cc1ccc(-n2ccnc2NC2CCCCC2)c(C)c1. The number of hydrogen-bond donors (Lipinski definition) is 1. The Balaban J connectivity index is 1.85. The molecule has 0 atom stereocenters. The van der Waals surface area contributed by atoms with Crippen LogP contribution >= 0.6 is 0 Å². The summed E-state index contributed by atoms with van der Waals surface area (Å²) < 4.78 is 2.17. The third-order valence-electron chi connectivity index (χ3n) is 4.19. The highest BCUT2D eigenvalue weighted by atomic mass is 15.2. The molecule has 0 saturated heterocycles.